The van der Waals surface area contributed by atoms with E-state index in [-0.39, 0.29) is 6.61 Å². The highest BCUT2D eigenvalue weighted by atomic mass is 16.3. The van der Waals surface area contributed by atoms with Crippen LogP contribution in [0.25, 0.3) is 0 Å². The standard InChI is InChI=1S/C13H19NO/c1-10-5-4-8-12(10)14-13-7-3-2-6-11(13)9-15/h2-3,6-7,10,12,14-15H,4-5,8-9H2,1H3/t10-,12-/m0/s1. The molecule has 1 fully saturated rings. The molecule has 0 bridgehead atoms. The monoisotopic (exact) mass is 205 g/mol. The fourth-order valence-corrected chi connectivity index (χ4v) is 2.36. The maximum atomic E-state index is 9.22. The Morgan fingerprint density at radius 3 is 2.80 bits per heavy atom. The number of rotatable bonds is 3. The van der Waals surface area contributed by atoms with E-state index in [1.54, 1.807) is 0 Å². The number of hydrogen-bond acceptors (Lipinski definition) is 2. The topological polar surface area (TPSA) is 32.3 Å². The molecular weight excluding hydrogens is 186 g/mol. The molecule has 2 heteroatoms. The van der Waals surface area contributed by atoms with Crippen LogP contribution in [0.15, 0.2) is 24.3 Å². The molecule has 1 aromatic rings. The molecule has 82 valence electrons. The fraction of sp³-hybridized carbons (Fsp3) is 0.538. The molecule has 2 atom stereocenters. The molecule has 0 heterocycles. The van der Waals surface area contributed by atoms with Gasteiger partial charge in [-0.3, -0.25) is 0 Å². The summed E-state index contributed by atoms with van der Waals surface area (Å²) in [6, 6.07) is 8.59. The molecule has 0 amide bonds. The van der Waals surface area contributed by atoms with Crippen molar-refractivity contribution in [2.24, 2.45) is 5.92 Å². The molecule has 2 nitrogen and oxygen atoms in total. The molecule has 15 heavy (non-hydrogen) atoms. The normalized spacial score (nSPS) is 25.5. The first-order valence-corrected chi connectivity index (χ1v) is 5.76. The summed E-state index contributed by atoms with van der Waals surface area (Å²) in [7, 11) is 0. The minimum absolute atomic E-state index is 0.115. The van der Waals surface area contributed by atoms with Gasteiger partial charge in [-0.15, -0.1) is 0 Å². The van der Waals surface area contributed by atoms with Crippen molar-refractivity contribution in [2.75, 3.05) is 5.32 Å². The van der Waals surface area contributed by atoms with Gasteiger partial charge in [0.2, 0.25) is 0 Å². The Morgan fingerprint density at radius 1 is 1.33 bits per heavy atom. The third kappa shape index (κ3) is 2.32. The quantitative estimate of drug-likeness (QED) is 0.795. The molecule has 0 aliphatic heterocycles. The molecule has 2 N–H and O–H groups in total. The third-order valence-electron chi connectivity index (χ3n) is 3.39. The maximum Gasteiger partial charge on any atom is 0.0701 e. The van der Waals surface area contributed by atoms with E-state index in [4.69, 9.17) is 0 Å². The molecule has 0 unspecified atom stereocenters. The Balaban J connectivity index is 2.09. The van der Waals surface area contributed by atoms with Crippen LogP contribution in [0.5, 0.6) is 0 Å². The highest BCUT2D eigenvalue weighted by molar-refractivity contribution is 5.51. The first-order chi connectivity index (χ1) is 7.31. The Labute approximate surface area is 91.3 Å². The summed E-state index contributed by atoms with van der Waals surface area (Å²) < 4.78 is 0. The number of benzene rings is 1. The van der Waals surface area contributed by atoms with Crippen LogP contribution in [0.3, 0.4) is 0 Å². The summed E-state index contributed by atoms with van der Waals surface area (Å²) >= 11 is 0. The van der Waals surface area contributed by atoms with Crippen LogP contribution in [0.1, 0.15) is 31.7 Å². The second-order valence-corrected chi connectivity index (χ2v) is 4.47. The van der Waals surface area contributed by atoms with Crippen LogP contribution in [0.2, 0.25) is 0 Å². The Bertz CT molecular complexity index is 324. The summed E-state index contributed by atoms with van der Waals surface area (Å²) in [5, 5.41) is 12.8. The number of aliphatic hydroxyl groups excluding tert-OH is 1. The molecule has 0 saturated heterocycles. The summed E-state index contributed by atoms with van der Waals surface area (Å²) in [5.41, 5.74) is 2.09. The zero-order valence-electron chi connectivity index (χ0n) is 9.24. The predicted octanol–water partition coefficient (Wildman–Crippen LogP) is 2.78. The molecule has 1 aliphatic carbocycles. The van der Waals surface area contributed by atoms with Gasteiger partial charge in [0.25, 0.3) is 0 Å². The molecule has 1 aliphatic rings. The van der Waals surface area contributed by atoms with Crippen LogP contribution in [-0.4, -0.2) is 11.1 Å². The van der Waals surface area contributed by atoms with Gasteiger partial charge in [0.15, 0.2) is 0 Å². The van der Waals surface area contributed by atoms with Gasteiger partial charge in [0.05, 0.1) is 6.61 Å². The van der Waals surface area contributed by atoms with Crippen LogP contribution in [0.4, 0.5) is 5.69 Å². The predicted molar refractivity (Wildman–Crippen MR) is 62.8 cm³/mol. The lowest BCUT2D eigenvalue weighted by atomic mass is 10.1. The molecule has 0 radical (unpaired) electrons. The van der Waals surface area contributed by atoms with Crippen LogP contribution < -0.4 is 5.32 Å². The third-order valence-corrected chi connectivity index (χ3v) is 3.39. The van der Waals surface area contributed by atoms with Crippen LogP contribution in [-0.2, 0) is 6.61 Å². The lowest BCUT2D eigenvalue weighted by Gasteiger charge is -2.20. The van der Waals surface area contributed by atoms with E-state index in [0.29, 0.717) is 6.04 Å². The fourth-order valence-electron chi connectivity index (χ4n) is 2.36. The first-order valence-electron chi connectivity index (χ1n) is 5.76. The largest absolute Gasteiger partial charge is 0.392 e. The summed E-state index contributed by atoms with van der Waals surface area (Å²) in [5.74, 6) is 0.747. The second kappa shape index (κ2) is 4.67. The van der Waals surface area contributed by atoms with Gasteiger partial charge >= 0.3 is 0 Å². The van der Waals surface area contributed by atoms with E-state index in [1.807, 2.05) is 18.2 Å². The van der Waals surface area contributed by atoms with E-state index >= 15 is 0 Å². The van der Waals surface area contributed by atoms with Gasteiger partial charge in [-0.1, -0.05) is 31.5 Å². The van der Waals surface area contributed by atoms with Crippen molar-refractivity contribution in [3.8, 4) is 0 Å². The molecule has 1 saturated carbocycles. The number of hydrogen-bond donors (Lipinski definition) is 2. The molecule has 0 spiro atoms. The number of nitrogens with one attached hydrogen (secondary N) is 1. The first kappa shape index (κ1) is 10.5. The zero-order valence-corrected chi connectivity index (χ0v) is 9.24. The average molecular weight is 205 g/mol. The van der Waals surface area contributed by atoms with Gasteiger partial charge in [0, 0.05) is 17.3 Å². The lowest BCUT2D eigenvalue weighted by molar-refractivity contribution is 0.282. The van der Waals surface area contributed by atoms with Crippen molar-refractivity contribution < 1.29 is 5.11 Å². The van der Waals surface area contributed by atoms with Crippen molar-refractivity contribution in [3.63, 3.8) is 0 Å². The number of anilines is 1. The van der Waals surface area contributed by atoms with Crippen LogP contribution >= 0.6 is 0 Å². The van der Waals surface area contributed by atoms with Crippen molar-refractivity contribution in [1.82, 2.24) is 0 Å². The van der Waals surface area contributed by atoms with E-state index in [0.717, 1.165) is 17.2 Å². The minimum Gasteiger partial charge on any atom is -0.392 e. The minimum atomic E-state index is 0.115. The van der Waals surface area contributed by atoms with E-state index < -0.39 is 0 Å². The van der Waals surface area contributed by atoms with E-state index in [1.165, 1.54) is 19.3 Å². The van der Waals surface area contributed by atoms with Gasteiger partial charge in [-0.2, -0.15) is 0 Å². The summed E-state index contributed by atoms with van der Waals surface area (Å²) in [4.78, 5) is 0. The molecular formula is C13H19NO. The van der Waals surface area contributed by atoms with Gasteiger partial charge in [0.1, 0.15) is 0 Å². The van der Waals surface area contributed by atoms with E-state index in [9.17, 15) is 5.11 Å². The van der Waals surface area contributed by atoms with Crippen LogP contribution in [0, 0.1) is 5.92 Å². The maximum absolute atomic E-state index is 9.22. The molecule has 1 aromatic carbocycles. The smallest absolute Gasteiger partial charge is 0.0701 e. The Hall–Kier alpha value is -1.02. The average Bonchev–Trinajstić information content (AvgIpc) is 2.65. The highest BCUT2D eigenvalue weighted by Gasteiger charge is 2.23. The number of para-hydroxylation sites is 1. The highest BCUT2D eigenvalue weighted by Crippen LogP contribution is 2.29. The van der Waals surface area contributed by atoms with Crippen molar-refractivity contribution in [2.45, 2.75) is 38.8 Å². The number of aliphatic hydroxyl groups is 1. The van der Waals surface area contributed by atoms with Crippen molar-refractivity contribution in [3.05, 3.63) is 29.8 Å². The Morgan fingerprint density at radius 2 is 2.13 bits per heavy atom. The SMILES string of the molecule is C[C@H]1CCC[C@@H]1Nc1ccccc1CO. The zero-order chi connectivity index (χ0) is 10.7. The van der Waals surface area contributed by atoms with Crippen molar-refractivity contribution >= 4 is 5.69 Å². The summed E-state index contributed by atoms with van der Waals surface area (Å²) in [6.07, 6.45) is 3.89. The van der Waals surface area contributed by atoms with Crippen molar-refractivity contribution in [1.29, 1.82) is 0 Å². The molecule has 0 aromatic heterocycles. The second-order valence-electron chi connectivity index (χ2n) is 4.47. The Kier molecular flexibility index (Phi) is 3.27. The van der Waals surface area contributed by atoms with Gasteiger partial charge in [-0.05, 0) is 24.8 Å². The van der Waals surface area contributed by atoms with Gasteiger partial charge in [-0.25, -0.2) is 0 Å². The lowest BCUT2D eigenvalue weighted by Crippen LogP contribution is -2.22. The summed E-state index contributed by atoms with van der Waals surface area (Å²) in [6.45, 7) is 2.41. The van der Waals surface area contributed by atoms with E-state index in [2.05, 4.69) is 18.3 Å². The van der Waals surface area contributed by atoms with Gasteiger partial charge < -0.3 is 10.4 Å². The molecule has 2 rings (SSSR count).